The Kier molecular flexibility index (Phi) is 6.93. The molecule has 2 heterocycles. The number of aryl methyl sites for hydroxylation is 1. The average Bonchev–Trinajstić information content (AvgIpc) is 3.23. The third-order valence-electron chi connectivity index (χ3n) is 5.01. The van der Waals surface area contributed by atoms with Gasteiger partial charge in [-0.05, 0) is 60.5 Å². The molecule has 28 heavy (non-hydrogen) atoms. The van der Waals surface area contributed by atoms with Gasteiger partial charge in [0, 0.05) is 11.1 Å². The number of halogens is 1. The van der Waals surface area contributed by atoms with E-state index in [0.717, 1.165) is 42.1 Å². The first kappa shape index (κ1) is 21.0. The van der Waals surface area contributed by atoms with E-state index in [1.54, 1.807) is 10.9 Å². The Morgan fingerprint density at radius 2 is 2.11 bits per heavy atom. The number of carbonyl (C=O) groups is 2. The molecule has 0 aliphatic heterocycles. The Labute approximate surface area is 177 Å². The van der Waals surface area contributed by atoms with Gasteiger partial charge >= 0.3 is 5.97 Å². The third-order valence-corrected chi connectivity index (χ3v) is 6.62. The second kappa shape index (κ2) is 9.22. The van der Waals surface area contributed by atoms with E-state index in [1.165, 1.54) is 16.2 Å². The second-order valence-corrected chi connectivity index (χ2v) is 9.33. The van der Waals surface area contributed by atoms with E-state index in [0.29, 0.717) is 17.1 Å². The molecule has 152 valence electrons. The Morgan fingerprint density at radius 3 is 2.79 bits per heavy atom. The highest BCUT2D eigenvalue weighted by molar-refractivity contribution is 9.10. The summed E-state index contributed by atoms with van der Waals surface area (Å²) in [5.74, 6) is -0.736. The molecular weight excluding hydrogens is 442 g/mol. The molecule has 2 aromatic heterocycles. The molecule has 0 bridgehead atoms. The maximum atomic E-state index is 12.8. The topological polar surface area (TPSA) is 73.2 Å². The molecule has 0 aromatic carbocycles. The minimum Gasteiger partial charge on any atom is -0.459 e. The van der Waals surface area contributed by atoms with Crippen LogP contribution in [0.15, 0.2) is 16.9 Å². The number of rotatable bonds is 7. The fourth-order valence-electron chi connectivity index (χ4n) is 3.23. The normalized spacial score (nSPS) is 15.6. The molecule has 0 fully saturated rings. The fourth-order valence-corrected chi connectivity index (χ4v) is 4.84. The average molecular weight is 468 g/mol. The molecule has 2 atom stereocenters. The van der Waals surface area contributed by atoms with Crippen LogP contribution in [0, 0.1) is 5.92 Å². The van der Waals surface area contributed by atoms with Crippen molar-refractivity contribution in [3.8, 4) is 0 Å². The first-order valence-electron chi connectivity index (χ1n) is 9.73. The Balaban J connectivity index is 1.79. The van der Waals surface area contributed by atoms with Gasteiger partial charge in [0.25, 0.3) is 0 Å². The van der Waals surface area contributed by atoms with Crippen LogP contribution >= 0.6 is 27.3 Å². The maximum absolute atomic E-state index is 12.8. The van der Waals surface area contributed by atoms with Gasteiger partial charge in [-0.15, -0.1) is 11.3 Å². The first-order chi connectivity index (χ1) is 13.4. The molecule has 0 spiro atoms. The van der Waals surface area contributed by atoms with Crippen molar-refractivity contribution in [2.45, 2.75) is 65.5 Å². The summed E-state index contributed by atoms with van der Waals surface area (Å²) >= 11 is 4.88. The van der Waals surface area contributed by atoms with E-state index >= 15 is 0 Å². The van der Waals surface area contributed by atoms with E-state index in [2.05, 4.69) is 26.3 Å². The maximum Gasteiger partial charge on any atom is 0.341 e. The van der Waals surface area contributed by atoms with Gasteiger partial charge in [-0.25, -0.2) is 4.79 Å². The summed E-state index contributed by atoms with van der Waals surface area (Å²) < 4.78 is 8.19. The van der Waals surface area contributed by atoms with Gasteiger partial charge in [-0.1, -0.05) is 13.8 Å². The van der Waals surface area contributed by atoms with Gasteiger partial charge in [0.2, 0.25) is 5.91 Å². The van der Waals surface area contributed by atoms with E-state index in [-0.39, 0.29) is 23.9 Å². The highest BCUT2D eigenvalue weighted by Crippen LogP contribution is 2.39. The van der Waals surface area contributed by atoms with Gasteiger partial charge < -0.3 is 10.1 Å². The molecule has 6 nitrogen and oxygen atoms in total. The molecular formula is C20H26BrN3O3S. The van der Waals surface area contributed by atoms with Crippen LogP contribution in [0.1, 0.15) is 60.8 Å². The molecule has 2 aromatic rings. The van der Waals surface area contributed by atoms with Crippen LogP contribution in [0.2, 0.25) is 0 Å². The van der Waals surface area contributed by atoms with Crippen molar-refractivity contribution in [1.29, 1.82) is 0 Å². The summed E-state index contributed by atoms with van der Waals surface area (Å²) in [6.07, 6.45) is 8.14. The highest BCUT2D eigenvalue weighted by atomic mass is 79.9. The highest BCUT2D eigenvalue weighted by Gasteiger charge is 2.29. The van der Waals surface area contributed by atoms with Gasteiger partial charge in [-0.3, -0.25) is 9.48 Å². The van der Waals surface area contributed by atoms with Crippen LogP contribution in [0.5, 0.6) is 0 Å². The van der Waals surface area contributed by atoms with E-state index in [4.69, 9.17) is 4.74 Å². The van der Waals surface area contributed by atoms with Crippen molar-refractivity contribution in [3.05, 3.63) is 32.9 Å². The molecule has 3 rings (SSSR count). The molecule has 0 saturated heterocycles. The summed E-state index contributed by atoms with van der Waals surface area (Å²) in [6.45, 7) is 6.20. The lowest BCUT2D eigenvalue weighted by atomic mass is 9.95. The van der Waals surface area contributed by atoms with Crippen molar-refractivity contribution in [2.75, 3.05) is 5.32 Å². The summed E-state index contributed by atoms with van der Waals surface area (Å²) in [6, 6.07) is 0. The zero-order valence-corrected chi connectivity index (χ0v) is 18.9. The SMILES string of the molecule is CCC(C)OC(=O)c1c(NC(=O)C(C)Cn2cc(Br)cn2)sc2c1CCCC2. The van der Waals surface area contributed by atoms with Gasteiger partial charge in [0.1, 0.15) is 5.00 Å². The van der Waals surface area contributed by atoms with Crippen LogP contribution in [-0.2, 0) is 28.9 Å². The van der Waals surface area contributed by atoms with Gasteiger partial charge in [0.15, 0.2) is 0 Å². The number of hydrogen-bond donors (Lipinski definition) is 1. The number of fused-ring (bicyclic) bond motifs is 1. The quantitative estimate of drug-likeness (QED) is 0.592. The number of esters is 1. The third kappa shape index (κ3) is 4.84. The van der Waals surface area contributed by atoms with Crippen molar-refractivity contribution in [3.63, 3.8) is 0 Å². The van der Waals surface area contributed by atoms with E-state index in [9.17, 15) is 9.59 Å². The fraction of sp³-hybridized carbons (Fsp3) is 0.550. The molecule has 2 unspecified atom stereocenters. The van der Waals surface area contributed by atoms with Crippen molar-refractivity contribution >= 4 is 44.1 Å². The summed E-state index contributed by atoms with van der Waals surface area (Å²) in [5, 5.41) is 7.82. The monoisotopic (exact) mass is 467 g/mol. The second-order valence-electron chi connectivity index (χ2n) is 7.31. The minimum absolute atomic E-state index is 0.122. The zero-order chi connectivity index (χ0) is 20.3. The predicted octanol–water partition coefficient (Wildman–Crippen LogP) is 4.82. The Hall–Kier alpha value is -1.67. The van der Waals surface area contributed by atoms with Crippen LogP contribution < -0.4 is 5.32 Å². The lowest BCUT2D eigenvalue weighted by Gasteiger charge is -2.16. The molecule has 0 radical (unpaired) electrons. The summed E-state index contributed by atoms with van der Waals surface area (Å²) in [5.41, 5.74) is 1.62. The zero-order valence-electron chi connectivity index (χ0n) is 16.5. The first-order valence-corrected chi connectivity index (χ1v) is 11.3. The number of thiophene rings is 1. The largest absolute Gasteiger partial charge is 0.459 e. The van der Waals surface area contributed by atoms with Crippen molar-refractivity contribution in [2.24, 2.45) is 5.92 Å². The molecule has 0 saturated carbocycles. The smallest absolute Gasteiger partial charge is 0.341 e. The van der Waals surface area contributed by atoms with Crippen LogP contribution in [-0.4, -0.2) is 27.8 Å². The van der Waals surface area contributed by atoms with E-state index < -0.39 is 0 Å². The molecule has 1 amide bonds. The van der Waals surface area contributed by atoms with Crippen LogP contribution in [0.25, 0.3) is 0 Å². The summed E-state index contributed by atoms with van der Waals surface area (Å²) in [7, 11) is 0. The van der Waals surface area contributed by atoms with Crippen molar-refractivity contribution < 1.29 is 14.3 Å². The molecule has 1 aliphatic rings. The number of amides is 1. The lowest BCUT2D eigenvalue weighted by Crippen LogP contribution is -2.25. The Morgan fingerprint density at radius 1 is 1.36 bits per heavy atom. The number of carbonyl (C=O) groups excluding carboxylic acids is 2. The number of ether oxygens (including phenoxy) is 1. The minimum atomic E-state index is -0.326. The number of anilines is 1. The molecule has 1 aliphatic carbocycles. The molecule has 8 heteroatoms. The number of aromatic nitrogens is 2. The van der Waals surface area contributed by atoms with Crippen LogP contribution in [0.3, 0.4) is 0 Å². The standard InChI is InChI=1S/C20H26BrN3O3S/c1-4-13(3)27-20(26)17-15-7-5-6-8-16(15)28-19(17)23-18(25)12(2)10-24-11-14(21)9-22-24/h9,11-13H,4-8,10H2,1-3H3,(H,23,25). The number of hydrogen-bond acceptors (Lipinski definition) is 5. The number of nitrogens with zero attached hydrogens (tertiary/aromatic N) is 2. The molecule has 1 N–H and O–H groups in total. The Bertz CT molecular complexity index is 861. The summed E-state index contributed by atoms with van der Waals surface area (Å²) in [4.78, 5) is 26.8. The van der Waals surface area contributed by atoms with Crippen LogP contribution in [0.4, 0.5) is 5.00 Å². The number of nitrogens with one attached hydrogen (secondary N) is 1. The lowest BCUT2D eigenvalue weighted by molar-refractivity contribution is -0.119. The van der Waals surface area contributed by atoms with Crippen molar-refractivity contribution in [1.82, 2.24) is 9.78 Å². The van der Waals surface area contributed by atoms with Gasteiger partial charge in [0.05, 0.1) is 34.8 Å². The van der Waals surface area contributed by atoms with E-state index in [1.807, 2.05) is 27.0 Å². The van der Waals surface area contributed by atoms with Gasteiger partial charge in [-0.2, -0.15) is 5.10 Å². The predicted molar refractivity (Wildman–Crippen MR) is 114 cm³/mol.